The first-order valence-electron chi connectivity index (χ1n) is 8.14. The zero-order valence-corrected chi connectivity index (χ0v) is 14.1. The Bertz CT molecular complexity index is 349. The maximum Gasteiger partial charge on any atom is 0.112 e. The third-order valence-corrected chi connectivity index (χ3v) is 3.73. The van der Waals surface area contributed by atoms with Gasteiger partial charge in [-0.05, 0) is 51.5 Å². The molecule has 0 saturated heterocycles. The fraction of sp³-hybridized carbons (Fsp3) is 0.812. The van der Waals surface area contributed by atoms with Gasteiger partial charge in [-0.1, -0.05) is 25.5 Å². The van der Waals surface area contributed by atoms with Crippen molar-refractivity contribution in [2.75, 3.05) is 13.2 Å². The number of hydrogen-bond donors (Lipinski definition) is 4. The van der Waals surface area contributed by atoms with Gasteiger partial charge in [-0.2, -0.15) is 0 Å². The first-order chi connectivity index (χ1) is 9.97. The summed E-state index contributed by atoms with van der Waals surface area (Å²) < 4.78 is 0. The molecule has 0 aliphatic carbocycles. The summed E-state index contributed by atoms with van der Waals surface area (Å²) >= 11 is 0. The highest BCUT2D eigenvalue weighted by Gasteiger charge is 2.09. The van der Waals surface area contributed by atoms with Crippen LogP contribution in [0.5, 0.6) is 0 Å². The van der Waals surface area contributed by atoms with Crippen molar-refractivity contribution < 1.29 is 0 Å². The van der Waals surface area contributed by atoms with Crippen LogP contribution in [0.25, 0.3) is 0 Å². The zero-order valence-electron chi connectivity index (χ0n) is 14.1. The van der Waals surface area contributed by atoms with Crippen LogP contribution in [-0.2, 0) is 0 Å². The summed E-state index contributed by atoms with van der Waals surface area (Å²) in [5.41, 5.74) is 13.3. The standard InChI is InChI=1S/C16H33N5/c1-12(8-14(3)10-18-15(4)17)6-5-7-13(2)9-16-19-11-20-21-16/h6,13-15,18,20H,5,7-11,17H2,1-4H3,(H,19,21). The molecule has 0 bridgehead atoms. The van der Waals surface area contributed by atoms with Crippen molar-refractivity contribution in [1.29, 1.82) is 0 Å². The van der Waals surface area contributed by atoms with Gasteiger partial charge in [-0.3, -0.25) is 4.99 Å². The number of rotatable bonds is 10. The van der Waals surface area contributed by atoms with Crippen molar-refractivity contribution in [3.63, 3.8) is 0 Å². The van der Waals surface area contributed by atoms with Gasteiger partial charge in [-0.25, -0.2) is 5.43 Å². The Labute approximate surface area is 129 Å². The zero-order chi connectivity index (χ0) is 15.7. The second kappa shape index (κ2) is 9.92. The van der Waals surface area contributed by atoms with Gasteiger partial charge in [-0.15, -0.1) is 0 Å². The molecule has 1 rings (SSSR count). The number of hydrazine groups is 1. The third-order valence-electron chi connectivity index (χ3n) is 3.73. The average molecular weight is 295 g/mol. The number of nitrogens with zero attached hydrogens (tertiary/aromatic N) is 1. The maximum absolute atomic E-state index is 5.71. The van der Waals surface area contributed by atoms with Gasteiger partial charge in [0.05, 0.1) is 6.17 Å². The molecule has 1 aliphatic rings. The predicted molar refractivity (Wildman–Crippen MR) is 90.8 cm³/mol. The molecule has 3 atom stereocenters. The first-order valence-corrected chi connectivity index (χ1v) is 8.14. The van der Waals surface area contributed by atoms with Gasteiger partial charge in [0.2, 0.25) is 0 Å². The molecule has 0 radical (unpaired) electrons. The Hall–Kier alpha value is -0.910. The molecule has 1 aliphatic heterocycles. The lowest BCUT2D eigenvalue weighted by Crippen LogP contribution is -2.37. The Morgan fingerprint density at radius 3 is 2.76 bits per heavy atom. The number of hydrogen-bond acceptors (Lipinski definition) is 5. The molecular formula is C16H33N5. The molecule has 122 valence electrons. The molecular weight excluding hydrogens is 262 g/mol. The van der Waals surface area contributed by atoms with E-state index in [1.807, 2.05) is 6.92 Å². The minimum atomic E-state index is 0.0826. The molecule has 0 saturated carbocycles. The summed E-state index contributed by atoms with van der Waals surface area (Å²) in [5, 5.41) is 3.29. The highest BCUT2D eigenvalue weighted by atomic mass is 15.5. The smallest absolute Gasteiger partial charge is 0.112 e. The molecule has 5 N–H and O–H groups in total. The van der Waals surface area contributed by atoms with Crippen molar-refractivity contribution >= 4 is 5.84 Å². The van der Waals surface area contributed by atoms with E-state index in [1.54, 1.807) is 0 Å². The lowest BCUT2D eigenvalue weighted by molar-refractivity contribution is 0.464. The summed E-state index contributed by atoms with van der Waals surface area (Å²) in [6, 6.07) is 0. The summed E-state index contributed by atoms with van der Waals surface area (Å²) in [6.07, 6.45) is 7.02. The summed E-state index contributed by atoms with van der Waals surface area (Å²) in [5.74, 6) is 2.39. The van der Waals surface area contributed by atoms with Crippen LogP contribution >= 0.6 is 0 Å². The fourth-order valence-corrected chi connectivity index (χ4v) is 2.57. The van der Waals surface area contributed by atoms with Gasteiger partial charge in [0, 0.05) is 6.42 Å². The molecule has 5 heteroatoms. The van der Waals surface area contributed by atoms with Crippen LogP contribution in [0.4, 0.5) is 0 Å². The Kier molecular flexibility index (Phi) is 8.57. The molecule has 5 nitrogen and oxygen atoms in total. The molecule has 21 heavy (non-hydrogen) atoms. The van der Waals surface area contributed by atoms with Gasteiger partial charge in [0.25, 0.3) is 0 Å². The minimum absolute atomic E-state index is 0.0826. The van der Waals surface area contributed by atoms with Crippen molar-refractivity contribution in [3.8, 4) is 0 Å². The van der Waals surface area contributed by atoms with E-state index in [0.717, 1.165) is 31.6 Å². The van der Waals surface area contributed by atoms with Crippen LogP contribution in [0.1, 0.15) is 53.4 Å². The minimum Gasteiger partial charge on any atom is -0.316 e. The van der Waals surface area contributed by atoms with Crippen molar-refractivity contribution in [1.82, 2.24) is 16.2 Å². The molecule has 0 fully saturated rings. The van der Waals surface area contributed by atoms with E-state index in [-0.39, 0.29) is 6.17 Å². The monoisotopic (exact) mass is 295 g/mol. The SMILES string of the molecule is CC(=CCCC(C)CC1=NCNN1)CC(C)CNC(C)N. The lowest BCUT2D eigenvalue weighted by atomic mass is 9.97. The van der Waals surface area contributed by atoms with Crippen LogP contribution in [0, 0.1) is 11.8 Å². The van der Waals surface area contributed by atoms with E-state index >= 15 is 0 Å². The Morgan fingerprint density at radius 2 is 2.14 bits per heavy atom. The van der Waals surface area contributed by atoms with E-state index in [1.165, 1.54) is 12.0 Å². The maximum atomic E-state index is 5.71. The predicted octanol–water partition coefficient (Wildman–Crippen LogP) is 2.12. The van der Waals surface area contributed by atoms with Gasteiger partial charge < -0.3 is 16.5 Å². The topological polar surface area (TPSA) is 74.5 Å². The number of aliphatic imine (C=N–C) groups is 1. The molecule has 0 aromatic rings. The van der Waals surface area contributed by atoms with E-state index in [9.17, 15) is 0 Å². The normalized spacial score (nSPS) is 19.9. The Morgan fingerprint density at radius 1 is 1.38 bits per heavy atom. The largest absolute Gasteiger partial charge is 0.316 e. The van der Waals surface area contributed by atoms with Crippen LogP contribution in [0.3, 0.4) is 0 Å². The van der Waals surface area contributed by atoms with E-state index < -0.39 is 0 Å². The highest BCUT2D eigenvalue weighted by Crippen LogP contribution is 2.15. The van der Waals surface area contributed by atoms with Crippen molar-refractivity contribution in [2.24, 2.45) is 22.6 Å². The van der Waals surface area contributed by atoms with E-state index in [0.29, 0.717) is 18.5 Å². The number of nitrogens with one attached hydrogen (secondary N) is 3. The number of allylic oxidation sites excluding steroid dienone is 2. The Balaban J connectivity index is 2.16. The second-order valence-corrected chi connectivity index (χ2v) is 6.51. The fourth-order valence-electron chi connectivity index (χ4n) is 2.57. The molecule has 1 heterocycles. The van der Waals surface area contributed by atoms with Gasteiger partial charge >= 0.3 is 0 Å². The van der Waals surface area contributed by atoms with Gasteiger partial charge in [0.1, 0.15) is 12.5 Å². The molecule has 0 aromatic carbocycles. The summed E-state index contributed by atoms with van der Waals surface area (Å²) in [4.78, 5) is 4.35. The molecule has 0 amide bonds. The van der Waals surface area contributed by atoms with Crippen LogP contribution in [0.2, 0.25) is 0 Å². The molecule has 0 spiro atoms. The van der Waals surface area contributed by atoms with E-state index in [2.05, 4.69) is 48.0 Å². The van der Waals surface area contributed by atoms with Gasteiger partial charge in [0.15, 0.2) is 0 Å². The summed E-state index contributed by atoms with van der Waals surface area (Å²) in [7, 11) is 0. The third kappa shape index (κ3) is 8.86. The number of nitrogens with two attached hydrogens (primary N) is 1. The lowest BCUT2D eigenvalue weighted by Gasteiger charge is -2.15. The van der Waals surface area contributed by atoms with Crippen LogP contribution in [-0.4, -0.2) is 25.2 Å². The molecule has 0 aromatic heterocycles. The highest BCUT2D eigenvalue weighted by molar-refractivity contribution is 5.82. The van der Waals surface area contributed by atoms with Crippen LogP contribution < -0.4 is 21.9 Å². The van der Waals surface area contributed by atoms with E-state index in [4.69, 9.17) is 5.73 Å². The first kappa shape index (κ1) is 18.1. The van der Waals surface area contributed by atoms with Crippen LogP contribution in [0.15, 0.2) is 16.6 Å². The summed E-state index contributed by atoms with van der Waals surface area (Å²) in [6.45, 7) is 10.5. The average Bonchev–Trinajstić information content (AvgIpc) is 2.89. The second-order valence-electron chi connectivity index (χ2n) is 6.51. The van der Waals surface area contributed by atoms with Crippen molar-refractivity contribution in [2.45, 2.75) is 59.5 Å². The number of amidine groups is 1. The van der Waals surface area contributed by atoms with Crippen molar-refractivity contribution in [3.05, 3.63) is 11.6 Å². The quantitative estimate of drug-likeness (QED) is 0.368. The molecule has 3 unspecified atom stereocenters.